The Morgan fingerprint density at radius 3 is 2.38 bits per heavy atom. The number of rotatable bonds is 6. The quantitative estimate of drug-likeness (QED) is 0.594. The van der Waals surface area contributed by atoms with Gasteiger partial charge in [0.1, 0.15) is 10.8 Å². The number of carbonyl (C=O) groups is 2. The van der Waals surface area contributed by atoms with E-state index in [0.717, 1.165) is 21.8 Å². The first-order valence-electron chi connectivity index (χ1n) is 8.26. The van der Waals surface area contributed by atoms with E-state index in [9.17, 15) is 9.59 Å². The van der Waals surface area contributed by atoms with Gasteiger partial charge in [-0.2, -0.15) is 0 Å². The van der Waals surface area contributed by atoms with Gasteiger partial charge in [-0.25, -0.2) is 4.79 Å². The van der Waals surface area contributed by atoms with Gasteiger partial charge in [-0.05, 0) is 57.0 Å². The Kier molecular flexibility index (Phi) is 6.58. The number of thiophene rings is 1. The van der Waals surface area contributed by atoms with E-state index >= 15 is 0 Å². The van der Waals surface area contributed by atoms with Crippen LogP contribution in [-0.4, -0.2) is 25.1 Å². The Balaban J connectivity index is 2.14. The number of benzene rings is 1. The van der Waals surface area contributed by atoms with Crippen molar-refractivity contribution in [3.8, 4) is 5.75 Å². The highest BCUT2D eigenvalue weighted by Crippen LogP contribution is 2.33. The predicted molar refractivity (Wildman–Crippen MR) is 105 cm³/mol. The van der Waals surface area contributed by atoms with Gasteiger partial charge in [0.15, 0.2) is 0 Å². The lowest BCUT2D eigenvalue weighted by Gasteiger charge is -2.09. The van der Waals surface area contributed by atoms with Crippen molar-refractivity contribution in [2.75, 3.05) is 12.4 Å². The van der Waals surface area contributed by atoms with Gasteiger partial charge < -0.3 is 14.8 Å². The van der Waals surface area contributed by atoms with Crippen LogP contribution in [0.1, 0.15) is 40.2 Å². The lowest BCUT2D eigenvalue weighted by atomic mass is 10.1. The first kappa shape index (κ1) is 19.7. The molecule has 6 heteroatoms. The van der Waals surface area contributed by atoms with Crippen molar-refractivity contribution in [2.45, 2.75) is 33.8 Å². The molecule has 0 bridgehead atoms. The maximum absolute atomic E-state index is 12.3. The van der Waals surface area contributed by atoms with Crippen LogP contribution in [0.2, 0.25) is 0 Å². The van der Waals surface area contributed by atoms with Crippen LogP contribution in [0.5, 0.6) is 5.75 Å². The van der Waals surface area contributed by atoms with Crippen molar-refractivity contribution >= 4 is 34.3 Å². The molecule has 138 valence electrons. The highest BCUT2D eigenvalue weighted by Gasteiger charge is 2.22. The zero-order chi connectivity index (χ0) is 19.3. The highest BCUT2D eigenvalue weighted by atomic mass is 32.1. The molecule has 0 unspecified atom stereocenters. The fourth-order valence-corrected chi connectivity index (χ4v) is 3.33. The molecule has 1 heterocycles. The van der Waals surface area contributed by atoms with Gasteiger partial charge in [-0.15, -0.1) is 11.3 Å². The zero-order valence-corrected chi connectivity index (χ0v) is 16.4. The summed E-state index contributed by atoms with van der Waals surface area (Å²) in [5, 5.41) is 3.30. The van der Waals surface area contributed by atoms with Crippen LogP contribution >= 0.6 is 11.3 Å². The summed E-state index contributed by atoms with van der Waals surface area (Å²) >= 11 is 1.37. The Bertz CT molecular complexity index is 819. The van der Waals surface area contributed by atoms with Gasteiger partial charge >= 0.3 is 5.97 Å². The normalized spacial score (nSPS) is 11.0. The molecule has 0 saturated heterocycles. The molecule has 0 saturated carbocycles. The lowest BCUT2D eigenvalue weighted by Crippen LogP contribution is -2.15. The molecule has 1 aromatic heterocycles. The smallest absolute Gasteiger partial charge is 0.341 e. The average Bonchev–Trinajstić information content (AvgIpc) is 2.86. The molecule has 5 nitrogen and oxygen atoms in total. The van der Waals surface area contributed by atoms with Crippen LogP contribution in [0, 0.1) is 13.8 Å². The predicted octanol–water partition coefficient (Wildman–Crippen LogP) is 4.59. The molecule has 0 aliphatic heterocycles. The van der Waals surface area contributed by atoms with Gasteiger partial charge in [0.2, 0.25) is 5.91 Å². The van der Waals surface area contributed by atoms with Crippen molar-refractivity contribution in [2.24, 2.45) is 0 Å². The standard InChI is InChI=1S/C20H23NO4S/c1-12(2)25-20(23)18-13(3)14(4)26-19(18)21-17(22)11-8-15-6-9-16(24-5)10-7-15/h6-12H,1-5H3,(H,21,22). The average molecular weight is 373 g/mol. The first-order valence-corrected chi connectivity index (χ1v) is 9.07. The van der Waals surface area contributed by atoms with E-state index in [1.165, 1.54) is 17.4 Å². The number of anilines is 1. The number of aryl methyl sites for hydroxylation is 1. The Morgan fingerprint density at radius 2 is 1.81 bits per heavy atom. The number of amides is 1. The Hall–Kier alpha value is -2.60. The fourth-order valence-electron chi connectivity index (χ4n) is 2.27. The summed E-state index contributed by atoms with van der Waals surface area (Å²) in [5.41, 5.74) is 2.13. The monoisotopic (exact) mass is 373 g/mol. The summed E-state index contributed by atoms with van der Waals surface area (Å²) in [4.78, 5) is 25.6. The third kappa shape index (κ3) is 4.95. The van der Waals surface area contributed by atoms with Gasteiger partial charge in [0.25, 0.3) is 0 Å². The van der Waals surface area contributed by atoms with E-state index in [2.05, 4.69) is 5.32 Å². The van der Waals surface area contributed by atoms with Gasteiger partial charge in [-0.1, -0.05) is 12.1 Å². The van der Waals surface area contributed by atoms with Crippen molar-refractivity contribution in [1.29, 1.82) is 0 Å². The minimum atomic E-state index is -0.420. The summed E-state index contributed by atoms with van der Waals surface area (Å²) in [6, 6.07) is 7.36. The van der Waals surface area contributed by atoms with Crippen molar-refractivity contribution in [1.82, 2.24) is 0 Å². The molecule has 0 radical (unpaired) electrons. The SMILES string of the molecule is COc1ccc(C=CC(=O)Nc2sc(C)c(C)c2C(=O)OC(C)C)cc1. The van der Waals surface area contributed by atoms with E-state index in [0.29, 0.717) is 10.6 Å². The summed E-state index contributed by atoms with van der Waals surface area (Å²) in [6.07, 6.45) is 2.92. The van der Waals surface area contributed by atoms with Crippen LogP contribution in [0.3, 0.4) is 0 Å². The minimum absolute atomic E-state index is 0.222. The molecule has 0 fully saturated rings. The molecule has 1 aromatic carbocycles. The van der Waals surface area contributed by atoms with E-state index in [1.807, 2.05) is 38.1 Å². The molecule has 0 aliphatic rings. The first-order chi connectivity index (χ1) is 12.3. The Morgan fingerprint density at radius 1 is 1.15 bits per heavy atom. The highest BCUT2D eigenvalue weighted by molar-refractivity contribution is 7.16. The van der Waals surface area contributed by atoms with Crippen molar-refractivity contribution in [3.05, 3.63) is 51.9 Å². The van der Waals surface area contributed by atoms with E-state index in [1.54, 1.807) is 27.0 Å². The molecule has 0 spiro atoms. The molecule has 2 aromatic rings. The van der Waals surface area contributed by atoms with Gasteiger partial charge in [0, 0.05) is 11.0 Å². The summed E-state index contributed by atoms with van der Waals surface area (Å²) in [5.74, 6) is 0.0291. The number of hydrogen-bond donors (Lipinski definition) is 1. The van der Waals surface area contributed by atoms with Crippen molar-refractivity contribution < 1.29 is 19.1 Å². The van der Waals surface area contributed by atoms with Crippen LogP contribution in [0.15, 0.2) is 30.3 Å². The third-order valence-electron chi connectivity index (χ3n) is 3.71. The number of carbonyl (C=O) groups excluding carboxylic acids is 2. The van der Waals surface area contributed by atoms with Gasteiger partial charge in [0.05, 0.1) is 18.8 Å². The van der Waals surface area contributed by atoms with Crippen LogP contribution in [0.25, 0.3) is 6.08 Å². The Labute approximate surface area is 157 Å². The molecule has 1 amide bonds. The maximum atomic E-state index is 12.3. The maximum Gasteiger partial charge on any atom is 0.341 e. The molecular formula is C20H23NO4S. The van der Waals surface area contributed by atoms with Crippen LogP contribution < -0.4 is 10.1 Å². The molecule has 0 atom stereocenters. The summed E-state index contributed by atoms with van der Waals surface area (Å²) < 4.78 is 10.4. The molecule has 2 rings (SSSR count). The second-order valence-corrected chi connectivity index (χ2v) is 7.26. The molecule has 0 aliphatic carbocycles. The fraction of sp³-hybridized carbons (Fsp3) is 0.300. The van der Waals surface area contributed by atoms with E-state index in [4.69, 9.17) is 9.47 Å². The zero-order valence-electron chi connectivity index (χ0n) is 15.6. The van der Waals surface area contributed by atoms with Crippen molar-refractivity contribution in [3.63, 3.8) is 0 Å². The number of ether oxygens (including phenoxy) is 2. The third-order valence-corrected chi connectivity index (χ3v) is 4.83. The van der Waals surface area contributed by atoms with E-state index < -0.39 is 5.97 Å². The number of hydrogen-bond acceptors (Lipinski definition) is 5. The topological polar surface area (TPSA) is 64.6 Å². The minimum Gasteiger partial charge on any atom is -0.497 e. The summed E-state index contributed by atoms with van der Waals surface area (Å²) in [7, 11) is 1.60. The number of nitrogens with one attached hydrogen (secondary N) is 1. The second kappa shape index (κ2) is 8.67. The van der Waals surface area contributed by atoms with Gasteiger partial charge in [-0.3, -0.25) is 4.79 Å². The number of esters is 1. The molecule has 26 heavy (non-hydrogen) atoms. The lowest BCUT2D eigenvalue weighted by molar-refractivity contribution is -0.111. The molecular weight excluding hydrogens is 350 g/mol. The van der Waals surface area contributed by atoms with E-state index in [-0.39, 0.29) is 12.0 Å². The number of methoxy groups -OCH3 is 1. The van der Waals surface area contributed by atoms with Crippen LogP contribution in [0.4, 0.5) is 5.00 Å². The second-order valence-electron chi connectivity index (χ2n) is 6.04. The summed E-state index contributed by atoms with van der Waals surface area (Å²) in [6.45, 7) is 7.35. The largest absolute Gasteiger partial charge is 0.497 e. The molecule has 1 N–H and O–H groups in total. The van der Waals surface area contributed by atoms with Crippen LogP contribution in [-0.2, 0) is 9.53 Å².